The summed E-state index contributed by atoms with van der Waals surface area (Å²) in [4.78, 5) is 26.1. The number of rotatable bonds is 5. The summed E-state index contributed by atoms with van der Waals surface area (Å²) in [6.45, 7) is 3.08. The second kappa shape index (κ2) is 8.17. The van der Waals surface area contributed by atoms with Crippen LogP contribution in [-0.2, 0) is 14.3 Å². The van der Waals surface area contributed by atoms with Crippen molar-refractivity contribution < 1.29 is 19.1 Å². The third kappa shape index (κ3) is 4.71. The Labute approximate surface area is 152 Å². The van der Waals surface area contributed by atoms with Crippen LogP contribution in [0.1, 0.15) is 36.0 Å². The molecule has 0 saturated carbocycles. The number of piperidine rings is 1. The molecular formula is C18H23ClN2O4. The monoisotopic (exact) mass is 366 g/mol. The van der Waals surface area contributed by atoms with Gasteiger partial charge in [-0.2, -0.15) is 0 Å². The van der Waals surface area contributed by atoms with Gasteiger partial charge in [-0.05, 0) is 30.7 Å². The molecule has 2 fully saturated rings. The van der Waals surface area contributed by atoms with Gasteiger partial charge in [0.25, 0.3) is 5.91 Å². The van der Waals surface area contributed by atoms with Gasteiger partial charge in [0.15, 0.2) is 5.79 Å². The Balaban J connectivity index is 1.34. The first-order valence-electron chi connectivity index (χ1n) is 8.67. The van der Waals surface area contributed by atoms with Gasteiger partial charge >= 0.3 is 0 Å². The van der Waals surface area contributed by atoms with Gasteiger partial charge in [0.1, 0.15) is 0 Å². The average Bonchev–Trinajstić information content (AvgIpc) is 3.07. The summed E-state index contributed by atoms with van der Waals surface area (Å²) < 4.78 is 11.3. The maximum Gasteiger partial charge on any atom is 0.251 e. The first-order valence-corrected chi connectivity index (χ1v) is 9.05. The Kier molecular flexibility index (Phi) is 5.93. The van der Waals surface area contributed by atoms with Crippen LogP contribution in [0.3, 0.4) is 0 Å². The Hall–Kier alpha value is -1.63. The predicted octanol–water partition coefficient (Wildman–Crippen LogP) is 2.22. The second-order valence-corrected chi connectivity index (χ2v) is 6.79. The molecule has 0 aliphatic carbocycles. The van der Waals surface area contributed by atoms with Gasteiger partial charge in [0, 0.05) is 49.5 Å². The third-order valence-corrected chi connectivity index (χ3v) is 4.90. The number of carbonyl (C=O) groups excluding carboxylic acids is 2. The minimum atomic E-state index is -0.455. The van der Waals surface area contributed by atoms with Crippen molar-refractivity contribution in [3.63, 3.8) is 0 Å². The van der Waals surface area contributed by atoms with Crippen molar-refractivity contribution in [1.29, 1.82) is 0 Å². The number of carbonyl (C=O) groups is 2. The van der Waals surface area contributed by atoms with E-state index in [1.807, 2.05) is 4.90 Å². The maximum atomic E-state index is 12.3. The quantitative estimate of drug-likeness (QED) is 0.811. The van der Waals surface area contributed by atoms with E-state index in [2.05, 4.69) is 5.32 Å². The average molecular weight is 367 g/mol. The molecule has 0 atom stereocenters. The molecule has 2 aliphatic rings. The molecule has 136 valence electrons. The lowest BCUT2D eigenvalue weighted by molar-refractivity contribution is -0.187. The standard InChI is InChI=1S/C18H23ClN2O4/c19-15-5-3-14(4-6-15)17(23)20-9-1-2-16(22)21-10-7-18(8-11-21)24-12-13-25-18/h3-6H,1-2,7-13H2,(H,20,23). The zero-order valence-electron chi connectivity index (χ0n) is 14.1. The van der Waals surface area contributed by atoms with Gasteiger partial charge in [0.05, 0.1) is 13.2 Å². The number of ether oxygens (including phenoxy) is 2. The minimum absolute atomic E-state index is 0.119. The van der Waals surface area contributed by atoms with Crippen molar-refractivity contribution in [2.24, 2.45) is 0 Å². The zero-order chi connectivity index (χ0) is 17.7. The topological polar surface area (TPSA) is 67.9 Å². The second-order valence-electron chi connectivity index (χ2n) is 6.35. The number of amides is 2. The molecule has 2 amide bonds. The minimum Gasteiger partial charge on any atom is -0.352 e. The van der Waals surface area contributed by atoms with Crippen LogP contribution in [-0.4, -0.2) is 55.3 Å². The highest BCUT2D eigenvalue weighted by Gasteiger charge is 2.40. The van der Waals surface area contributed by atoms with Gasteiger partial charge in [-0.3, -0.25) is 9.59 Å². The van der Waals surface area contributed by atoms with E-state index >= 15 is 0 Å². The molecule has 6 nitrogen and oxygen atoms in total. The molecule has 0 unspecified atom stereocenters. The summed E-state index contributed by atoms with van der Waals surface area (Å²) in [6.07, 6.45) is 2.50. The molecule has 2 saturated heterocycles. The van der Waals surface area contributed by atoms with Crippen LogP contribution >= 0.6 is 11.6 Å². The summed E-state index contributed by atoms with van der Waals surface area (Å²) >= 11 is 5.80. The van der Waals surface area contributed by atoms with Gasteiger partial charge in [0.2, 0.25) is 5.91 Å². The highest BCUT2D eigenvalue weighted by Crippen LogP contribution is 2.31. The summed E-state index contributed by atoms with van der Waals surface area (Å²) in [6, 6.07) is 6.72. The normalized spacial score (nSPS) is 19.2. The van der Waals surface area contributed by atoms with Gasteiger partial charge in [-0.15, -0.1) is 0 Å². The summed E-state index contributed by atoms with van der Waals surface area (Å²) in [7, 11) is 0. The molecule has 0 radical (unpaired) electrons. The highest BCUT2D eigenvalue weighted by atomic mass is 35.5. The van der Waals surface area contributed by atoms with E-state index in [1.165, 1.54) is 0 Å². The zero-order valence-corrected chi connectivity index (χ0v) is 14.9. The van der Waals surface area contributed by atoms with Crippen LogP contribution in [0.2, 0.25) is 5.02 Å². The van der Waals surface area contributed by atoms with Crippen molar-refractivity contribution in [3.8, 4) is 0 Å². The molecule has 3 rings (SSSR count). The largest absolute Gasteiger partial charge is 0.352 e. The Morgan fingerprint density at radius 3 is 2.40 bits per heavy atom. The summed E-state index contributed by atoms with van der Waals surface area (Å²) in [5.74, 6) is -0.489. The molecule has 25 heavy (non-hydrogen) atoms. The van der Waals surface area contributed by atoms with E-state index in [-0.39, 0.29) is 11.8 Å². The lowest BCUT2D eigenvalue weighted by Crippen LogP contribution is -2.47. The van der Waals surface area contributed by atoms with Crippen LogP contribution < -0.4 is 5.32 Å². The SMILES string of the molecule is O=C(NCCCC(=O)N1CCC2(CC1)OCCO2)c1ccc(Cl)cc1. The molecule has 1 N–H and O–H groups in total. The summed E-state index contributed by atoms with van der Waals surface area (Å²) in [5.41, 5.74) is 0.564. The number of hydrogen-bond donors (Lipinski definition) is 1. The third-order valence-electron chi connectivity index (χ3n) is 4.65. The van der Waals surface area contributed by atoms with E-state index in [0.717, 1.165) is 12.8 Å². The molecule has 1 aromatic carbocycles. The number of halogens is 1. The Morgan fingerprint density at radius 1 is 1.12 bits per heavy atom. The highest BCUT2D eigenvalue weighted by molar-refractivity contribution is 6.30. The molecule has 7 heteroatoms. The number of likely N-dealkylation sites (tertiary alicyclic amines) is 1. The fraction of sp³-hybridized carbons (Fsp3) is 0.556. The maximum absolute atomic E-state index is 12.3. The van der Waals surface area contributed by atoms with Gasteiger partial charge in [-0.1, -0.05) is 11.6 Å². The molecule has 1 spiro atoms. The lowest BCUT2D eigenvalue weighted by atomic mass is 10.0. The van der Waals surface area contributed by atoms with E-state index in [1.54, 1.807) is 24.3 Å². The van der Waals surface area contributed by atoms with Crippen molar-refractivity contribution in [3.05, 3.63) is 34.9 Å². The lowest BCUT2D eigenvalue weighted by Gasteiger charge is -2.37. The smallest absolute Gasteiger partial charge is 0.251 e. The predicted molar refractivity (Wildman–Crippen MR) is 93.5 cm³/mol. The molecule has 2 heterocycles. The van der Waals surface area contributed by atoms with Gasteiger partial charge < -0.3 is 19.7 Å². The van der Waals surface area contributed by atoms with E-state index < -0.39 is 5.79 Å². The number of nitrogens with one attached hydrogen (secondary N) is 1. The van der Waals surface area contributed by atoms with Crippen molar-refractivity contribution in [2.75, 3.05) is 32.8 Å². The fourth-order valence-electron chi connectivity index (χ4n) is 3.19. The van der Waals surface area contributed by atoms with Crippen LogP contribution in [0, 0.1) is 0 Å². The molecule has 1 aromatic rings. The Morgan fingerprint density at radius 2 is 1.76 bits per heavy atom. The number of hydrogen-bond acceptors (Lipinski definition) is 4. The number of benzene rings is 1. The molecule has 0 aromatic heterocycles. The van der Waals surface area contributed by atoms with Crippen LogP contribution in [0.15, 0.2) is 24.3 Å². The fourth-order valence-corrected chi connectivity index (χ4v) is 3.31. The first kappa shape index (κ1) is 18.2. The van der Waals surface area contributed by atoms with Crippen molar-refractivity contribution in [2.45, 2.75) is 31.5 Å². The van der Waals surface area contributed by atoms with Crippen LogP contribution in [0.5, 0.6) is 0 Å². The van der Waals surface area contributed by atoms with Gasteiger partial charge in [-0.25, -0.2) is 0 Å². The van der Waals surface area contributed by atoms with Crippen molar-refractivity contribution >= 4 is 23.4 Å². The van der Waals surface area contributed by atoms with E-state index in [9.17, 15) is 9.59 Å². The van der Waals surface area contributed by atoms with E-state index in [0.29, 0.717) is 56.3 Å². The molecule has 2 aliphatic heterocycles. The van der Waals surface area contributed by atoms with Crippen molar-refractivity contribution in [1.82, 2.24) is 10.2 Å². The first-order chi connectivity index (χ1) is 12.1. The number of nitrogens with zero attached hydrogens (tertiary/aromatic N) is 1. The summed E-state index contributed by atoms with van der Waals surface area (Å²) in [5, 5.41) is 3.42. The van der Waals surface area contributed by atoms with Crippen LogP contribution in [0.4, 0.5) is 0 Å². The molecular weight excluding hydrogens is 344 g/mol. The molecule has 0 bridgehead atoms. The van der Waals surface area contributed by atoms with Crippen LogP contribution in [0.25, 0.3) is 0 Å². The Bertz CT molecular complexity index is 604. The van der Waals surface area contributed by atoms with E-state index in [4.69, 9.17) is 21.1 Å².